The van der Waals surface area contributed by atoms with Gasteiger partial charge in [-0.15, -0.1) is 0 Å². The molecule has 4 heterocycles. The minimum absolute atomic E-state index is 0.0555. The number of esters is 2. The predicted molar refractivity (Wildman–Crippen MR) is 224 cm³/mol. The van der Waals surface area contributed by atoms with E-state index in [0.717, 1.165) is 37.3 Å². The molecule has 0 radical (unpaired) electrons. The molecule has 0 aliphatic carbocycles. The number of carbonyl (C=O) groups excluding carboxylic acids is 2. The lowest BCUT2D eigenvalue weighted by Gasteiger charge is -2.45. The number of hydrogen-bond donors (Lipinski definition) is 12. The molecular weight excluding hydrogens is 912 g/mol. The molecule has 3 aromatic carbocycles. The second-order valence-corrected chi connectivity index (χ2v) is 15.9. The van der Waals surface area contributed by atoms with Crippen molar-refractivity contribution >= 4 is 29.0 Å². The van der Waals surface area contributed by atoms with E-state index >= 15 is 0 Å². The van der Waals surface area contributed by atoms with Crippen LogP contribution in [0.4, 0.5) is 0 Å². The van der Waals surface area contributed by atoms with Gasteiger partial charge in [-0.25, -0.2) is 4.79 Å². The molecule has 0 spiro atoms. The molecule has 1 aromatic heterocycles. The smallest absolute Gasteiger partial charge is 0.336 e. The van der Waals surface area contributed by atoms with Gasteiger partial charge in [-0.1, -0.05) is 0 Å². The van der Waals surface area contributed by atoms with E-state index in [0.29, 0.717) is 0 Å². The van der Waals surface area contributed by atoms with Crippen molar-refractivity contribution in [3.05, 3.63) is 76.5 Å². The van der Waals surface area contributed by atoms with Gasteiger partial charge in [0.25, 0.3) is 0 Å². The van der Waals surface area contributed by atoms with Gasteiger partial charge in [0.2, 0.25) is 23.8 Å². The van der Waals surface area contributed by atoms with E-state index < -0.39 is 151 Å². The van der Waals surface area contributed by atoms with Crippen LogP contribution in [-0.4, -0.2) is 179 Å². The fraction of sp³-hybridized carbons (Fsp3) is 0.432. The fourth-order valence-corrected chi connectivity index (χ4v) is 7.51. The standard InChI is InChI=1S/C44H48O24/c1-16-30(51)34(55)37(58)42(60-16)68-41-36(57)32(53)27(15-46)66-44(41)67-40-33(54)29-23(49)12-22(13-25(29)63-39(40)19-4-8-21(9-5-19)61-17(2)47)62-28(50)10-6-18-3-7-20(48)11-24(18)64-43-38(59)35(56)31(52)26(14-45)65-43/h3-13,16,26-27,30-32,34-38,41-46,48-49,51-53,55-59H,14-15H2,1-2H3. The Balaban J connectivity index is 1.21. The number of aliphatic hydroxyl groups is 10. The van der Waals surface area contributed by atoms with Crippen LogP contribution in [0.15, 0.2) is 69.9 Å². The second-order valence-electron chi connectivity index (χ2n) is 15.9. The number of phenolic OH excluding ortho intramolecular Hbond substituents is 2. The van der Waals surface area contributed by atoms with E-state index in [1.807, 2.05) is 0 Å². The van der Waals surface area contributed by atoms with Crippen molar-refractivity contribution in [1.82, 2.24) is 0 Å². The summed E-state index contributed by atoms with van der Waals surface area (Å²) >= 11 is 0. The zero-order chi connectivity index (χ0) is 49.3. The molecule has 3 aliphatic rings. The van der Waals surface area contributed by atoms with Gasteiger partial charge < -0.3 is 104 Å². The first-order valence-corrected chi connectivity index (χ1v) is 20.8. The number of aliphatic hydroxyl groups excluding tert-OH is 10. The molecule has 24 heteroatoms. The molecule has 3 aliphatic heterocycles. The Morgan fingerprint density at radius 3 is 1.97 bits per heavy atom. The summed E-state index contributed by atoms with van der Waals surface area (Å²) in [6.07, 6.45) is -23.6. The van der Waals surface area contributed by atoms with Gasteiger partial charge in [0, 0.05) is 42.3 Å². The van der Waals surface area contributed by atoms with Crippen LogP contribution in [0.1, 0.15) is 19.4 Å². The molecular formula is C44H48O24. The van der Waals surface area contributed by atoms with Crippen LogP contribution in [0.25, 0.3) is 28.4 Å². The zero-order valence-corrected chi connectivity index (χ0v) is 35.7. The lowest BCUT2D eigenvalue weighted by Crippen LogP contribution is -2.64. The van der Waals surface area contributed by atoms with E-state index in [4.69, 9.17) is 42.3 Å². The fourth-order valence-electron chi connectivity index (χ4n) is 7.51. The van der Waals surface area contributed by atoms with Crippen LogP contribution in [0.3, 0.4) is 0 Å². The van der Waals surface area contributed by atoms with Crippen molar-refractivity contribution in [2.75, 3.05) is 13.2 Å². The van der Waals surface area contributed by atoms with E-state index in [9.17, 15) is 75.7 Å². The van der Waals surface area contributed by atoms with Gasteiger partial charge in [-0.2, -0.15) is 0 Å². The lowest BCUT2D eigenvalue weighted by molar-refractivity contribution is -0.354. The first kappa shape index (κ1) is 50.1. The quantitative estimate of drug-likeness (QED) is 0.0378. The van der Waals surface area contributed by atoms with Crippen molar-refractivity contribution < 1.29 is 113 Å². The number of ether oxygens (including phenoxy) is 8. The number of benzene rings is 3. The molecule has 15 atom stereocenters. The molecule has 12 N–H and O–H groups in total. The maximum Gasteiger partial charge on any atom is 0.336 e. The highest BCUT2D eigenvalue weighted by molar-refractivity contribution is 5.92. The first-order chi connectivity index (χ1) is 32.3. The Morgan fingerprint density at radius 1 is 0.676 bits per heavy atom. The number of aromatic hydroxyl groups is 2. The van der Waals surface area contributed by atoms with Gasteiger partial charge in [-0.05, 0) is 49.4 Å². The first-order valence-electron chi connectivity index (χ1n) is 20.8. The average Bonchev–Trinajstić information content (AvgIpc) is 3.30. The van der Waals surface area contributed by atoms with Crippen LogP contribution in [0.5, 0.6) is 34.5 Å². The van der Waals surface area contributed by atoms with E-state index in [-0.39, 0.29) is 34.1 Å². The summed E-state index contributed by atoms with van der Waals surface area (Å²) in [5, 5.41) is 124. The van der Waals surface area contributed by atoms with Crippen LogP contribution < -0.4 is 24.4 Å². The maximum absolute atomic E-state index is 14.5. The summed E-state index contributed by atoms with van der Waals surface area (Å²) in [5.74, 6) is -4.50. The van der Waals surface area contributed by atoms with Crippen molar-refractivity contribution in [2.24, 2.45) is 0 Å². The Kier molecular flexibility index (Phi) is 15.3. The summed E-state index contributed by atoms with van der Waals surface area (Å²) in [4.78, 5) is 39.3. The van der Waals surface area contributed by atoms with Crippen LogP contribution in [0.2, 0.25) is 0 Å². The lowest BCUT2D eigenvalue weighted by atomic mass is 9.97. The van der Waals surface area contributed by atoms with Crippen LogP contribution in [-0.2, 0) is 28.5 Å². The second kappa shape index (κ2) is 20.8. The van der Waals surface area contributed by atoms with Gasteiger partial charge in [-0.3, -0.25) is 9.59 Å². The van der Waals surface area contributed by atoms with E-state index in [2.05, 4.69) is 0 Å². The number of carbonyl (C=O) groups is 2. The Bertz CT molecular complexity index is 2530. The van der Waals surface area contributed by atoms with E-state index in [1.165, 1.54) is 43.3 Å². The Hall–Kier alpha value is -5.81. The van der Waals surface area contributed by atoms with Crippen LogP contribution >= 0.6 is 0 Å². The summed E-state index contributed by atoms with van der Waals surface area (Å²) in [6, 6.07) is 10.9. The predicted octanol–water partition coefficient (Wildman–Crippen LogP) is -2.38. The SMILES string of the molecule is CC(=O)Oc1ccc(-c2oc3cc(OC(=O)C=Cc4ccc(O)cc4OC4OC(CO)C(O)C(O)C4O)cc(O)c3c(=O)c2OC2OC(CO)C(O)C(O)C2OC2OC(C)C(O)C(O)C2O)cc1. The Labute approximate surface area is 383 Å². The normalized spacial score (nSPS) is 31.9. The van der Waals surface area contributed by atoms with Crippen LogP contribution in [0, 0.1) is 0 Å². The third-order valence-electron chi connectivity index (χ3n) is 11.1. The molecule has 24 nitrogen and oxygen atoms in total. The third-order valence-corrected chi connectivity index (χ3v) is 11.1. The number of rotatable bonds is 13. The molecule has 0 amide bonds. The van der Waals surface area contributed by atoms with Gasteiger partial charge >= 0.3 is 11.9 Å². The van der Waals surface area contributed by atoms with Crippen molar-refractivity contribution in [2.45, 2.75) is 106 Å². The molecule has 368 valence electrons. The summed E-state index contributed by atoms with van der Waals surface area (Å²) < 4.78 is 50.8. The highest BCUT2D eigenvalue weighted by atomic mass is 16.8. The number of fused-ring (bicyclic) bond motifs is 1. The molecule has 3 saturated heterocycles. The topological polar surface area (TPSA) is 381 Å². The highest BCUT2D eigenvalue weighted by Crippen LogP contribution is 2.39. The Morgan fingerprint density at radius 2 is 1.31 bits per heavy atom. The summed E-state index contributed by atoms with van der Waals surface area (Å²) in [6.45, 7) is 0.881. The molecule has 4 aromatic rings. The molecule has 0 saturated carbocycles. The summed E-state index contributed by atoms with van der Waals surface area (Å²) in [7, 11) is 0. The molecule has 3 fully saturated rings. The molecule has 68 heavy (non-hydrogen) atoms. The molecule has 0 bridgehead atoms. The van der Waals surface area contributed by atoms with Gasteiger partial charge in [0.05, 0.1) is 19.3 Å². The zero-order valence-electron chi connectivity index (χ0n) is 35.7. The number of hydrogen-bond acceptors (Lipinski definition) is 24. The third kappa shape index (κ3) is 10.4. The van der Waals surface area contributed by atoms with Gasteiger partial charge in [0.1, 0.15) is 101 Å². The molecule has 7 rings (SSSR count). The van der Waals surface area contributed by atoms with Gasteiger partial charge in [0.15, 0.2) is 18.2 Å². The monoisotopic (exact) mass is 960 g/mol. The minimum atomic E-state index is -1.99. The largest absolute Gasteiger partial charge is 0.508 e. The number of phenols is 2. The maximum atomic E-state index is 14.5. The van der Waals surface area contributed by atoms with E-state index in [1.54, 1.807) is 0 Å². The minimum Gasteiger partial charge on any atom is -0.508 e. The van der Waals surface area contributed by atoms with Crippen molar-refractivity contribution in [1.29, 1.82) is 0 Å². The van der Waals surface area contributed by atoms with Crippen molar-refractivity contribution in [3.8, 4) is 45.8 Å². The highest BCUT2D eigenvalue weighted by Gasteiger charge is 2.51. The molecule has 15 unspecified atom stereocenters. The average molecular weight is 961 g/mol. The summed E-state index contributed by atoms with van der Waals surface area (Å²) in [5.41, 5.74) is -1.36. The van der Waals surface area contributed by atoms with Crippen molar-refractivity contribution in [3.63, 3.8) is 0 Å².